The van der Waals surface area contributed by atoms with Gasteiger partial charge in [-0.05, 0) is 18.6 Å². The van der Waals surface area contributed by atoms with Crippen LogP contribution in [0.4, 0.5) is 10.1 Å². The zero-order valence-corrected chi connectivity index (χ0v) is 14.4. The number of amides is 1. The zero-order chi connectivity index (χ0) is 18.1. The molecule has 0 radical (unpaired) electrons. The summed E-state index contributed by atoms with van der Waals surface area (Å²) in [5, 5.41) is 3.15. The summed E-state index contributed by atoms with van der Waals surface area (Å²) < 4.78 is 14.0. The van der Waals surface area contributed by atoms with Crippen LogP contribution in [0.25, 0.3) is 11.4 Å². The summed E-state index contributed by atoms with van der Waals surface area (Å²) in [6.45, 7) is 0. The molecule has 2 aromatic carbocycles. The monoisotopic (exact) mass is 367 g/mol. The Labute approximate surface area is 155 Å². The third-order valence-corrected chi connectivity index (χ3v) is 4.78. The highest BCUT2D eigenvalue weighted by Gasteiger charge is 2.46. The SMILES string of the molecule is O=C(Nc1cnc(-c2ccccc2)nc1)[C@H]1C[C@H]1c1c(F)cccc1Cl. The number of carbonyl (C=O) groups is 1. The highest BCUT2D eigenvalue weighted by Crippen LogP contribution is 2.50. The van der Waals surface area contributed by atoms with Gasteiger partial charge < -0.3 is 5.32 Å². The van der Waals surface area contributed by atoms with Gasteiger partial charge in [0, 0.05) is 28.0 Å². The topological polar surface area (TPSA) is 54.9 Å². The van der Waals surface area contributed by atoms with Gasteiger partial charge in [0.1, 0.15) is 5.82 Å². The Balaban J connectivity index is 1.43. The molecule has 1 fully saturated rings. The van der Waals surface area contributed by atoms with Crippen molar-refractivity contribution in [2.45, 2.75) is 12.3 Å². The van der Waals surface area contributed by atoms with Crippen LogP contribution in [0, 0.1) is 11.7 Å². The third-order valence-electron chi connectivity index (χ3n) is 4.45. The molecular weight excluding hydrogens is 353 g/mol. The summed E-state index contributed by atoms with van der Waals surface area (Å²) in [4.78, 5) is 21.0. The maximum Gasteiger partial charge on any atom is 0.228 e. The summed E-state index contributed by atoms with van der Waals surface area (Å²) in [5.41, 5.74) is 1.84. The number of halogens is 2. The molecule has 1 aliphatic rings. The van der Waals surface area contributed by atoms with E-state index in [1.165, 1.54) is 6.07 Å². The molecule has 0 spiro atoms. The van der Waals surface area contributed by atoms with Crippen LogP contribution in [-0.4, -0.2) is 15.9 Å². The van der Waals surface area contributed by atoms with Crippen LogP contribution < -0.4 is 5.32 Å². The molecule has 0 saturated heterocycles. The van der Waals surface area contributed by atoms with E-state index >= 15 is 0 Å². The molecule has 1 aromatic heterocycles. The van der Waals surface area contributed by atoms with Crippen molar-refractivity contribution in [1.29, 1.82) is 0 Å². The third kappa shape index (κ3) is 3.30. The number of aromatic nitrogens is 2. The normalized spacial score (nSPS) is 18.4. The number of benzene rings is 2. The molecule has 0 unspecified atom stereocenters. The lowest BCUT2D eigenvalue weighted by Gasteiger charge is -2.07. The molecule has 2 atom stereocenters. The van der Waals surface area contributed by atoms with Crippen molar-refractivity contribution in [3.63, 3.8) is 0 Å². The van der Waals surface area contributed by atoms with Gasteiger partial charge in [-0.3, -0.25) is 4.79 Å². The number of nitrogens with one attached hydrogen (secondary N) is 1. The van der Waals surface area contributed by atoms with E-state index in [0.717, 1.165) is 5.56 Å². The number of nitrogens with zero attached hydrogens (tertiary/aromatic N) is 2. The number of hydrogen-bond acceptors (Lipinski definition) is 3. The summed E-state index contributed by atoms with van der Waals surface area (Å²) in [5.74, 6) is -0.434. The van der Waals surface area contributed by atoms with E-state index in [4.69, 9.17) is 11.6 Å². The van der Waals surface area contributed by atoms with E-state index in [9.17, 15) is 9.18 Å². The van der Waals surface area contributed by atoms with Crippen LogP contribution in [-0.2, 0) is 4.79 Å². The lowest BCUT2D eigenvalue weighted by molar-refractivity contribution is -0.117. The standard InChI is InChI=1S/C20H15ClFN3O/c21-16-7-4-8-17(22)18(16)14-9-15(14)20(26)25-13-10-23-19(24-11-13)12-5-2-1-3-6-12/h1-8,10-11,14-15H,9H2,(H,25,26)/t14-,15+/m1/s1. The summed E-state index contributed by atoms with van der Waals surface area (Å²) in [6, 6.07) is 14.1. The molecule has 6 heteroatoms. The van der Waals surface area contributed by atoms with E-state index in [2.05, 4.69) is 15.3 Å². The zero-order valence-electron chi connectivity index (χ0n) is 13.7. The molecule has 1 N–H and O–H groups in total. The van der Waals surface area contributed by atoms with Crippen LogP contribution in [0.2, 0.25) is 5.02 Å². The van der Waals surface area contributed by atoms with Crippen LogP contribution >= 0.6 is 11.6 Å². The van der Waals surface area contributed by atoms with Crippen molar-refractivity contribution in [1.82, 2.24) is 9.97 Å². The first kappa shape index (κ1) is 16.7. The van der Waals surface area contributed by atoms with Gasteiger partial charge in [-0.15, -0.1) is 0 Å². The molecule has 0 aliphatic heterocycles. The first-order chi connectivity index (χ1) is 12.6. The van der Waals surface area contributed by atoms with E-state index in [0.29, 0.717) is 28.5 Å². The fraction of sp³-hybridized carbons (Fsp3) is 0.150. The molecule has 1 aliphatic carbocycles. The largest absolute Gasteiger partial charge is 0.323 e. The number of carbonyl (C=O) groups excluding carboxylic acids is 1. The van der Waals surface area contributed by atoms with E-state index in [1.807, 2.05) is 30.3 Å². The Morgan fingerprint density at radius 1 is 1.08 bits per heavy atom. The quantitative estimate of drug-likeness (QED) is 0.728. The van der Waals surface area contributed by atoms with Crippen molar-refractivity contribution in [2.24, 2.45) is 5.92 Å². The second kappa shape index (κ2) is 6.84. The van der Waals surface area contributed by atoms with Crippen molar-refractivity contribution >= 4 is 23.2 Å². The Morgan fingerprint density at radius 2 is 1.81 bits per heavy atom. The van der Waals surface area contributed by atoms with Gasteiger partial charge in [-0.2, -0.15) is 0 Å². The molecule has 0 bridgehead atoms. The molecule has 4 rings (SSSR count). The molecule has 130 valence electrons. The van der Waals surface area contributed by atoms with E-state index in [-0.39, 0.29) is 23.6 Å². The minimum absolute atomic E-state index is 0.176. The van der Waals surface area contributed by atoms with Gasteiger partial charge in [-0.1, -0.05) is 48.0 Å². The number of rotatable bonds is 4. The van der Waals surface area contributed by atoms with Crippen molar-refractivity contribution in [2.75, 3.05) is 5.32 Å². The fourth-order valence-electron chi connectivity index (χ4n) is 3.03. The van der Waals surface area contributed by atoms with Crippen molar-refractivity contribution in [3.8, 4) is 11.4 Å². The smallest absolute Gasteiger partial charge is 0.228 e. The van der Waals surface area contributed by atoms with E-state index in [1.54, 1.807) is 24.5 Å². The van der Waals surface area contributed by atoms with Gasteiger partial charge in [-0.25, -0.2) is 14.4 Å². The molecule has 3 aromatic rings. The Bertz CT molecular complexity index is 927. The molecule has 1 saturated carbocycles. The van der Waals surface area contributed by atoms with Gasteiger partial charge in [0.15, 0.2) is 5.82 Å². The van der Waals surface area contributed by atoms with Crippen LogP contribution in [0.15, 0.2) is 60.9 Å². The predicted molar refractivity (Wildman–Crippen MR) is 98.4 cm³/mol. The van der Waals surface area contributed by atoms with Gasteiger partial charge >= 0.3 is 0 Å². The first-order valence-corrected chi connectivity index (χ1v) is 8.63. The molecule has 1 heterocycles. The highest BCUT2D eigenvalue weighted by atomic mass is 35.5. The first-order valence-electron chi connectivity index (χ1n) is 8.25. The maximum absolute atomic E-state index is 14.0. The van der Waals surface area contributed by atoms with E-state index < -0.39 is 0 Å². The van der Waals surface area contributed by atoms with Crippen LogP contribution in [0.3, 0.4) is 0 Å². The molecule has 1 amide bonds. The summed E-state index contributed by atoms with van der Waals surface area (Å²) >= 11 is 6.08. The maximum atomic E-state index is 14.0. The average Bonchev–Trinajstić information content (AvgIpc) is 3.43. The van der Waals surface area contributed by atoms with Crippen molar-refractivity contribution < 1.29 is 9.18 Å². The molecule has 26 heavy (non-hydrogen) atoms. The number of anilines is 1. The minimum Gasteiger partial charge on any atom is -0.323 e. The van der Waals surface area contributed by atoms with Crippen molar-refractivity contribution in [3.05, 3.63) is 77.3 Å². The summed E-state index contributed by atoms with van der Waals surface area (Å²) in [6.07, 6.45) is 3.72. The highest BCUT2D eigenvalue weighted by molar-refractivity contribution is 6.31. The van der Waals surface area contributed by atoms with Gasteiger partial charge in [0.2, 0.25) is 5.91 Å². The van der Waals surface area contributed by atoms with Gasteiger partial charge in [0.05, 0.1) is 18.1 Å². The molecular formula is C20H15ClFN3O. The predicted octanol–water partition coefficient (Wildman–Crippen LogP) is 4.68. The average molecular weight is 368 g/mol. The molecule has 4 nitrogen and oxygen atoms in total. The minimum atomic E-state index is -0.367. The lowest BCUT2D eigenvalue weighted by atomic mass is 10.1. The fourth-order valence-corrected chi connectivity index (χ4v) is 3.34. The van der Waals surface area contributed by atoms with Crippen LogP contribution in [0.5, 0.6) is 0 Å². The van der Waals surface area contributed by atoms with Gasteiger partial charge in [0.25, 0.3) is 0 Å². The summed E-state index contributed by atoms with van der Waals surface area (Å²) in [7, 11) is 0. The number of hydrogen-bond donors (Lipinski definition) is 1. The second-order valence-electron chi connectivity index (χ2n) is 6.23. The van der Waals surface area contributed by atoms with Crippen LogP contribution in [0.1, 0.15) is 17.9 Å². The second-order valence-corrected chi connectivity index (χ2v) is 6.64. The Kier molecular flexibility index (Phi) is 4.39. The lowest BCUT2D eigenvalue weighted by Crippen LogP contribution is -2.15. The Morgan fingerprint density at radius 3 is 2.50 bits per heavy atom. The Hall–Kier alpha value is -2.79.